The van der Waals surface area contributed by atoms with Crippen LogP contribution in [0.2, 0.25) is 5.02 Å². The average molecular weight is 312 g/mol. The number of methoxy groups -OCH3 is 2. The average Bonchev–Trinajstić information content (AvgIpc) is 2.93. The van der Waals surface area contributed by atoms with E-state index < -0.39 is 6.10 Å². The monoisotopic (exact) mass is 311 g/mol. The van der Waals surface area contributed by atoms with Crippen molar-refractivity contribution >= 4 is 11.6 Å². The van der Waals surface area contributed by atoms with Crippen molar-refractivity contribution in [3.63, 3.8) is 0 Å². The van der Waals surface area contributed by atoms with E-state index >= 15 is 0 Å². The number of hydrogen-bond acceptors (Lipinski definition) is 5. The van der Waals surface area contributed by atoms with E-state index in [1.165, 1.54) is 20.5 Å². The molecule has 6 nitrogen and oxygen atoms in total. The zero-order chi connectivity index (χ0) is 15.4. The Morgan fingerprint density at radius 3 is 2.71 bits per heavy atom. The minimum Gasteiger partial charge on any atom is -0.493 e. The summed E-state index contributed by atoms with van der Waals surface area (Å²) in [5.41, 5.74) is 0.569. The summed E-state index contributed by atoms with van der Waals surface area (Å²) in [6.45, 7) is 2.66. The third-order valence-electron chi connectivity index (χ3n) is 3.25. The van der Waals surface area contributed by atoms with E-state index in [9.17, 15) is 5.11 Å². The minimum atomic E-state index is -0.799. The van der Waals surface area contributed by atoms with E-state index in [1.807, 2.05) is 6.92 Å². The van der Waals surface area contributed by atoms with Gasteiger partial charge in [-0.3, -0.25) is 4.68 Å². The number of aryl methyl sites for hydroxylation is 1. The van der Waals surface area contributed by atoms with Gasteiger partial charge in [-0.25, -0.2) is 4.98 Å². The standard InChI is InChI=1S/C14H18ClN3O3/c1-4-18-12(16-8-17-18)7-10(19)9-5-6-11(20-2)14(21-3)13(9)15/h5-6,8,10,19H,4,7H2,1-3H3. The molecule has 2 aromatic rings. The summed E-state index contributed by atoms with van der Waals surface area (Å²) in [6, 6.07) is 3.44. The van der Waals surface area contributed by atoms with E-state index in [1.54, 1.807) is 16.8 Å². The Kier molecular flexibility index (Phi) is 5.03. The minimum absolute atomic E-state index is 0.322. The van der Waals surface area contributed by atoms with Gasteiger partial charge in [0.15, 0.2) is 11.5 Å². The largest absolute Gasteiger partial charge is 0.493 e. The number of ether oxygens (including phenoxy) is 2. The summed E-state index contributed by atoms with van der Waals surface area (Å²) in [7, 11) is 3.04. The molecule has 1 aromatic heterocycles. The van der Waals surface area contributed by atoms with Gasteiger partial charge in [-0.1, -0.05) is 17.7 Å². The van der Waals surface area contributed by atoms with E-state index in [0.29, 0.717) is 40.9 Å². The van der Waals surface area contributed by atoms with Crippen LogP contribution in [-0.4, -0.2) is 34.1 Å². The normalized spacial score (nSPS) is 12.2. The van der Waals surface area contributed by atoms with Gasteiger partial charge in [0.05, 0.1) is 25.3 Å². The Labute approximate surface area is 128 Å². The fourth-order valence-corrected chi connectivity index (χ4v) is 2.51. The van der Waals surface area contributed by atoms with Crippen LogP contribution in [0.1, 0.15) is 24.4 Å². The summed E-state index contributed by atoms with van der Waals surface area (Å²) < 4.78 is 12.1. The molecule has 2 rings (SSSR count). The van der Waals surface area contributed by atoms with Crippen LogP contribution in [0, 0.1) is 0 Å². The number of halogens is 1. The first-order valence-corrected chi connectivity index (χ1v) is 6.95. The van der Waals surface area contributed by atoms with Gasteiger partial charge in [0.1, 0.15) is 12.2 Å². The van der Waals surface area contributed by atoms with Crippen molar-refractivity contribution in [2.45, 2.75) is 26.0 Å². The first-order valence-electron chi connectivity index (χ1n) is 6.57. The Morgan fingerprint density at radius 1 is 1.33 bits per heavy atom. The number of aliphatic hydroxyl groups is 1. The predicted molar refractivity (Wildman–Crippen MR) is 78.9 cm³/mol. The van der Waals surface area contributed by atoms with Crippen LogP contribution >= 0.6 is 11.6 Å². The second-order valence-corrected chi connectivity index (χ2v) is 4.79. The highest BCUT2D eigenvalue weighted by Crippen LogP contribution is 2.40. The van der Waals surface area contributed by atoms with Crippen LogP contribution in [0.3, 0.4) is 0 Å². The lowest BCUT2D eigenvalue weighted by Gasteiger charge is -2.16. The molecule has 7 heteroatoms. The molecule has 114 valence electrons. The van der Waals surface area contributed by atoms with Crippen LogP contribution < -0.4 is 9.47 Å². The van der Waals surface area contributed by atoms with Crippen molar-refractivity contribution < 1.29 is 14.6 Å². The maximum Gasteiger partial charge on any atom is 0.179 e. The number of aromatic nitrogens is 3. The lowest BCUT2D eigenvalue weighted by molar-refractivity contribution is 0.173. The maximum atomic E-state index is 10.4. The van der Waals surface area contributed by atoms with Crippen LogP contribution in [0.25, 0.3) is 0 Å². The molecule has 1 heterocycles. The highest BCUT2D eigenvalue weighted by Gasteiger charge is 2.20. The van der Waals surface area contributed by atoms with Gasteiger partial charge in [0.25, 0.3) is 0 Å². The quantitative estimate of drug-likeness (QED) is 0.886. The molecule has 0 saturated heterocycles. The number of aliphatic hydroxyl groups excluding tert-OH is 1. The molecular formula is C14H18ClN3O3. The van der Waals surface area contributed by atoms with Gasteiger partial charge >= 0.3 is 0 Å². The van der Waals surface area contributed by atoms with Gasteiger partial charge in [-0.2, -0.15) is 5.10 Å². The lowest BCUT2D eigenvalue weighted by Crippen LogP contribution is -2.10. The molecule has 0 radical (unpaired) electrons. The molecular weight excluding hydrogens is 294 g/mol. The Hall–Kier alpha value is -1.79. The molecule has 0 saturated carbocycles. The molecule has 0 aliphatic heterocycles. The van der Waals surface area contributed by atoms with Crippen LogP contribution in [0.5, 0.6) is 11.5 Å². The van der Waals surface area contributed by atoms with E-state index in [0.717, 1.165) is 0 Å². The summed E-state index contributed by atoms with van der Waals surface area (Å²) in [5.74, 6) is 1.64. The summed E-state index contributed by atoms with van der Waals surface area (Å²) >= 11 is 6.29. The van der Waals surface area contributed by atoms with Crippen molar-refractivity contribution in [3.05, 3.63) is 34.9 Å². The molecule has 0 spiro atoms. The Bertz CT molecular complexity index is 616. The zero-order valence-corrected chi connectivity index (χ0v) is 13.0. The van der Waals surface area contributed by atoms with Crippen molar-refractivity contribution in [1.29, 1.82) is 0 Å². The van der Waals surface area contributed by atoms with Crippen LogP contribution in [0.4, 0.5) is 0 Å². The SMILES string of the molecule is CCn1ncnc1CC(O)c1ccc(OC)c(OC)c1Cl. The number of hydrogen-bond donors (Lipinski definition) is 1. The third-order valence-corrected chi connectivity index (χ3v) is 3.63. The van der Waals surface area contributed by atoms with Crippen molar-refractivity contribution in [2.75, 3.05) is 14.2 Å². The molecule has 0 aliphatic rings. The smallest absolute Gasteiger partial charge is 0.179 e. The lowest BCUT2D eigenvalue weighted by atomic mass is 10.1. The fourth-order valence-electron chi connectivity index (χ4n) is 2.16. The molecule has 0 fully saturated rings. The maximum absolute atomic E-state index is 10.4. The summed E-state index contributed by atoms with van der Waals surface area (Å²) in [6.07, 6.45) is 0.997. The second kappa shape index (κ2) is 6.78. The van der Waals surface area contributed by atoms with Gasteiger partial charge in [-0.05, 0) is 13.0 Å². The number of benzene rings is 1. The molecule has 0 aliphatic carbocycles. The van der Waals surface area contributed by atoms with Gasteiger partial charge in [0.2, 0.25) is 0 Å². The topological polar surface area (TPSA) is 69.4 Å². The van der Waals surface area contributed by atoms with Crippen molar-refractivity contribution in [1.82, 2.24) is 14.8 Å². The summed E-state index contributed by atoms with van der Waals surface area (Å²) in [5, 5.41) is 14.8. The molecule has 0 amide bonds. The summed E-state index contributed by atoms with van der Waals surface area (Å²) in [4.78, 5) is 4.15. The van der Waals surface area contributed by atoms with E-state index in [-0.39, 0.29) is 0 Å². The van der Waals surface area contributed by atoms with Crippen LogP contribution in [0.15, 0.2) is 18.5 Å². The number of rotatable bonds is 6. The highest BCUT2D eigenvalue weighted by atomic mass is 35.5. The van der Waals surface area contributed by atoms with E-state index in [2.05, 4.69) is 10.1 Å². The second-order valence-electron chi connectivity index (χ2n) is 4.42. The molecule has 1 atom stereocenters. The molecule has 1 unspecified atom stereocenters. The Balaban J connectivity index is 2.29. The van der Waals surface area contributed by atoms with Gasteiger partial charge < -0.3 is 14.6 Å². The van der Waals surface area contributed by atoms with Gasteiger partial charge in [0, 0.05) is 18.5 Å². The third kappa shape index (κ3) is 3.11. The molecule has 21 heavy (non-hydrogen) atoms. The fraction of sp³-hybridized carbons (Fsp3) is 0.429. The van der Waals surface area contributed by atoms with Crippen molar-refractivity contribution in [3.8, 4) is 11.5 Å². The van der Waals surface area contributed by atoms with E-state index in [4.69, 9.17) is 21.1 Å². The molecule has 0 bridgehead atoms. The molecule has 1 N–H and O–H groups in total. The van der Waals surface area contributed by atoms with Crippen molar-refractivity contribution in [2.24, 2.45) is 0 Å². The molecule has 1 aromatic carbocycles. The Morgan fingerprint density at radius 2 is 2.10 bits per heavy atom. The first-order chi connectivity index (χ1) is 10.1. The zero-order valence-electron chi connectivity index (χ0n) is 12.2. The predicted octanol–water partition coefficient (Wildman–Crippen LogP) is 2.24. The number of nitrogens with zero attached hydrogens (tertiary/aromatic N) is 3. The van der Waals surface area contributed by atoms with Crippen LogP contribution in [-0.2, 0) is 13.0 Å². The first kappa shape index (κ1) is 15.6. The van der Waals surface area contributed by atoms with Gasteiger partial charge in [-0.15, -0.1) is 0 Å². The highest BCUT2D eigenvalue weighted by molar-refractivity contribution is 6.33.